The average Bonchev–Trinajstić information content (AvgIpc) is 2.90. The third kappa shape index (κ3) is 2.31. The molecule has 0 N–H and O–H groups in total. The van der Waals surface area contributed by atoms with Crippen molar-refractivity contribution in [3.8, 4) is 0 Å². The van der Waals surface area contributed by atoms with E-state index in [0.717, 1.165) is 24.6 Å². The first kappa shape index (κ1) is 13.2. The van der Waals surface area contributed by atoms with E-state index in [9.17, 15) is 13.6 Å². The van der Waals surface area contributed by atoms with Gasteiger partial charge in [-0.25, -0.2) is 13.5 Å². The van der Waals surface area contributed by atoms with Gasteiger partial charge in [0.25, 0.3) is 0 Å². The van der Waals surface area contributed by atoms with Crippen LogP contribution in [0.25, 0.3) is 10.9 Å². The second kappa shape index (κ2) is 5.28. The number of carbonyl (C=O) groups excluding carboxylic acids is 1. The van der Waals surface area contributed by atoms with Gasteiger partial charge in [0.05, 0.1) is 11.7 Å². The molecular weight excluding hydrogens is 266 g/mol. The van der Waals surface area contributed by atoms with Gasteiger partial charge in [-0.3, -0.25) is 4.79 Å². The first-order valence-electron chi connectivity index (χ1n) is 6.58. The van der Waals surface area contributed by atoms with Gasteiger partial charge >= 0.3 is 6.43 Å². The molecular formula is C14H14F2N2O2. The molecule has 0 radical (unpaired) electrons. The van der Waals surface area contributed by atoms with Crippen LogP contribution in [0, 0.1) is 0 Å². The molecule has 0 aliphatic carbocycles. The summed E-state index contributed by atoms with van der Waals surface area (Å²) in [6.45, 7) is 0.668. The molecule has 0 saturated carbocycles. The van der Waals surface area contributed by atoms with Gasteiger partial charge in [0.2, 0.25) is 5.78 Å². The van der Waals surface area contributed by atoms with Crippen LogP contribution in [0.1, 0.15) is 35.8 Å². The Morgan fingerprint density at radius 2 is 2.25 bits per heavy atom. The van der Waals surface area contributed by atoms with Gasteiger partial charge in [0.15, 0.2) is 6.23 Å². The molecule has 1 saturated heterocycles. The molecule has 1 aliphatic rings. The first-order chi connectivity index (χ1) is 9.66. The SMILES string of the molecule is O=C(c1ccc2cnn(C3CCCCO3)c2c1)C(F)F. The van der Waals surface area contributed by atoms with E-state index in [-0.39, 0.29) is 11.8 Å². The number of ether oxygens (including phenoxy) is 1. The summed E-state index contributed by atoms with van der Waals surface area (Å²) in [6.07, 6.45) is 1.38. The third-order valence-corrected chi connectivity index (χ3v) is 3.51. The van der Waals surface area contributed by atoms with E-state index in [1.807, 2.05) is 0 Å². The van der Waals surface area contributed by atoms with Crippen molar-refractivity contribution in [3.63, 3.8) is 0 Å². The predicted octanol–water partition coefficient (Wildman–Crippen LogP) is 3.18. The number of hydrogen-bond acceptors (Lipinski definition) is 3. The molecule has 2 aromatic rings. The number of carbonyl (C=O) groups is 1. The van der Waals surface area contributed by atoms with E-state index in [0.29, 0.717) is 12.1 Å². The molecule has 4 nitrogen and oxygen atoms in total. The number of Topliss-reactive ketones (excluding diaryl/α,β-unsaturated/α-hetero) is 1. The molecule has 20 heavy (non-hydrogen) atoms. The van der Waals surface area contributed by atoms with Crippen LogP contribution >= 0.6 is 0 Å². The largest absolute Gasteiger partial charge is 0.356 e. The van der Waals surface area contributed by atoms with Crippen molar-refractivity contribution < 1.29 is 18.3 Å². The Bertz CT molecular complexity index is 633. The summed E-state index contributed by atoms with van der Waals surface area (Å²) in [4.78, 5) is 11.4. The molecule has 0 bridgehead atoms. The van der Waals surface area contributed by atoms with Crippen molar-refractivity contribution in [1.29, 1.82) is 0 Å². The molecule has 0 amide bonds. The lowest BCUT2D eigenvalue weighted by Gasteiger charge is -2.23. The Kier molecular flexibility index (Phi) is 3.48. The summed E-state index contributed by atoms with van der Waals surface area (Å²) >= 11 is 0. The molecule has 1 unspecified atom stereocenters. The van der Waals surface area contributed by atoms with Gasteiger partial charge in [-0.15, -0.1) is 0 Å². The molecule has 1 aromatic carbocycles. The van der Waals surface area contributed by atoms with E-state index in [1.54, 1.807) is 16.9 Å². The lowest BCUT2D eigenvalue weighted by molar-refractivity contribution is -0.0366. The standard InChI is InChI=1S/C14H14F2N2O2/c15-14(16)13(19)9-4-5-10-8-17-18(11(10)7-9)12-3-1-2-6-20-12/h4-5,7-8,12,14H,1-3,6H2. The maximum absolute atomic E-state index is 12.5. The van der Waals surface area contributed by atoms with Gasteiger partial charge in [-0.2, -0.15) is 5.10 Å². The van der Waals surface area contributed by atoms with Gasteiger partial charge in [0, 0.05) is 17.6 Å². The average molecular weight is 280 g/mol. The van der Waals surface area contributed by atoms with E-state index in [2.05, 4.69) is 5.10 Å². The van der Waals surface area contributed by atoms with E-state index < -0.39 is 12.2 Å². The normalized spacial score (nSPS) is 19.6. The fourth-order valence-corrected chi connectivity index (χ4v) is 2.46. The lowest BCUT2D eigenvalue weighted by Crippen LogP contribution is -2.19. The van der Waals surface area contributed by atoms with Crippen LogP contribution in [0.4, 0.5) is 8.78 Å². The number of nitrogens with zero attached hydrogens (tertiary/aromatic N) is 2. The predicted molar refractivity (Wildman–Crippen MR) is 68.9 cm³/mol. The van der Waals surface area contributed by atoms with Crippen LogP contribution in [0.15, 0.2) is 24.4 Å². The van der Waals surface area contributed by atoms with Crippen LogP contribution in [-0.2, 0) is 4.74 Å². The van der Waals surface area contributed by atoms with Crippen molar-refractivity contribution in [2.24, 2.45) is 0 Å². The van der Waals surface area contributed by atoms with Crippen LogP contribution in [0.3, 0.4) is 0 Å². The number of benzene rings is 1. The summed E-state index contributed by atoms with van der Waals surface area (Å²) in [5.41, 5.74) is 0.661. The zero-order chi connectivity index (χ0) is 14.1. The zero-order valence-corrected chi connectivity index (χ0v) is 10.8. The monoisotopic (exact) mass is 280 g/mol. The number of aromatic nitrogens is 2. The molecule has 1 aromatic heterocycles. The highest BCUT2D eigenvalue weighted by molar-refractivity contribution is 6.01. The quantitative estimate of drug-likeness (QED) is 0.811. The minimum atomic E-state index is -2.99. The molecule has 0 spiro atoms. The highest BCUT2D eigenvalue weighted by atomic mass is 19.3. The minimum Gasteiger partial charge on any atom is -0.356 e. The second-order valence-corrected chi connectivity index (χ2v) is 4.85. The number of rotatable bonds is 3. The number of fused-ring (bicyclic) bond motifs is 1. The van der Waals surface area contributed by atoms with Crippen molar-refractivity contribution >= 4 is 16.7 Å². The molecule has 1 fully saturated rings. The van der Waals surface area contributed by atoms with Gasteiger partial charge in [-0.05, 0) is 25.3 Å². The van der Waals surface area contributed by atoms with Gasteiger partial charge in [0.1, 0.15) is 0 Å². The molecule has 106 valence electrons. The fourth-order valence-electron chi connectivity index (χ4n) is 2.46. The van der Waals surface area contributed by atoms with Crippen LogP contribution in [-0.4, -0.2) is 28.6 Å². The van der Waals surface area contributed by atoms with Crippen LogP contribution in [0.2, 0.25) is 0 Å². The number of ketones is 1. The number of halogens is 2. The van der Waals surface area contributed by atoms with Gasteiger partial charge < -0.3 is 4.74 Å². The van der Waals surface area contributed by atoms with Crippen molar-refractivity contribution in [2.75, 3.05) is 6.61 Å². The molecule has 6 heteroatoms. The Balaban J connectivity index is 2.01. The third-order valence-electron chi connectivity index (χ3n) is 3.51. The van der Waals surface area contributed by atoms with E-state index in [1.165, 1.54) is 12.1 Å². The van der Waals surface area contributed by atoms with E-state index in [4.69, 9.17) is 4.74 Å². The minimum absolute atomic E-state index is 0.00468. The van der Waals surface area contributed by atoms with Crippen LogP contribution in [0.5, 0.6) is 0 Å². The Labute approximate surface area is 114 Å². The Morgan fingerprint density at radius 1 is 1.40 bits per heavy atom. The molecule has 3 rings (SSSR count). The van der Waals surface area contributed by atoms with Crippen molar-refractivity contribution in [3.05, 3.63) is 30.0 Å². The molecule has 2 heterocycles. The summed E-state index contributed by atoms with van der Waals surface area (Å²) in [7, 11) is 0. The van der Waals surface area contributed by atoms with E-state index >= 15 is 0 Å². The Morgan fingerprint density at radius 3 is 2.95 bits per heavy atom. The highest BCUT2D eigenvalue weighted by Gasteiger charge is 2.21. The highest BCUT2D eigenvalue weighted by Crippen LogP contribution is 2.27. The summed E-state index contributed by atoms with van der Waals surface area (Å²) in [5.74, 6) is -1.16. The topological polar surface area (TPSA) is 44.1 Å². The summed E-state index contributed by atoms with van der Waals surface area (Å²) in [5, 5.41) is 5.07. The maximum Gasteiger partial charge on any atom is 0.300 e. The maximum atomic E-state index is 12.5. The van der Waals surface area contributed by atoms with Crippen molar-refractivity contribution in [2.45, 2.75) is 31.9 Å². The summed E-state index contributed by atoms with van der Waals surface area (Å²) in [6, 6.07) is 4.51. The number of hydrogen-bond donors (Lipinski definition) is 0. The molecule has 1 atom stereocenters. The summed E-state index contributed by atoms with van der Waals surface area (Å²) < 4.78 is 32.3. The smallest absolute Gasteiger partial charge is 0.300 e. The fraction of sp³-hybridized carbons (Fsp3) is 0.429. The zero-order valence-electron chi connectivity index (χ0n) is 10.8. The number of alkyl halides is 2. The first-order valence-corrected chi connectivity index (χ1v) is 6.58. The van der Waals surface area contributed by atoms with Gasteiger partial charge in [-0.1, -0.05) is 12.1 Å². The lowest BCUT2D eigenvalue weighted by atomic mass is 10.1. The van der Waals surface area contributed by atoms with Crippen molar-refractivity contribution in [1.82, 2.24) is 9.78 Å². The molecule has 1 aliphatic heterocycles. The Hall–Kier alpha value is -1.82. The second-order valence-electron chi connectivity index (χ2n) is 4.85. The van der Waals surface area contributed by atoms with Crippen LogP contribution < -0.4 is 0 Å².